The number of rotatable bonds is 3. The number of carbonyl (C=O) groups is 2. The van der Waals surface area contributed by atoms with Crippen LogP contribution in [0.25, 0.3) is 0 Å². The van der Waals surface area contributed by atoms with Crippen LogP contribution in [0.3, 0.4) is 0 Å². The van der Waals surface area contributed by atoms with Gasteiger partial charge in [-0.15, -0.1) is 0 Å². The van der Waals surface area contributed by atoms with Crippen LogP contribution in [0, 0.1) is 11.8 Å². The molecular weight excluding hydrogens is 266 g/mol. The molecule has 0 radical (unpaired) electrons. The molecule has 0 aliphatic carbocycles. The molecular formula is C16H21N3O2. The van der Waals surface area contributed by atoms with Crippen molar-refractivity contribution < 1.29 is 9.59 Å². The number of benzene rings is 1. The van der Waals surface area contributed by atoms with E-state index < -0.39 is 0 Å². The first kappa shape index (κ1) is 13.9. The fraction of sp³-hybridized carbons (Fsp3) is 0.500. The fourth-order valence-corrected chi connectivity index (χ4v) is 3.24. The number of fused-ring (bicyclic) bond motifs is 1. The molecule has 1 aromatic rings. The molecule has 5 heteroatoms. The van der Waals surface area contributed by atoms with E-state index in [9.17, 15) is 9.59 Å². The lowest BCUT2D eigenvalue weighted by atomic mass is 10.0. The Morgan fingerprint density at radius 1 is 1.19 bits per heavy atom. The SMILES string of the molecule is CN(C)C(=O)CN1C[C@@H]2CN(c3ccccc3)C[C@@H]2C1=O. The van der Waals surface area contributed by atoms with Gasteiger partial charge in [-0.25, -0.2) is 0 Å². The second-order valence-electron chi connectivity index (χ2n) is 6.11. The maximum absolute atomic E-state index is 12.5. The molecule has 112 valence electrons. The second-order valence-corrected chi connectivity index (χ2v) is 6.11. The Bertz CT molecular complexity index is 544. The van der Waals surface area contributed by atoms with E-state index in [0.29, 0.717) is 12.5 Å². The summed E-state index contributed by atoms with van der Waals surface area (Å²) in [7, 11) is 3.45. The highest BCUT2D eigenvalue weighted by Crippen LogP contribution is 2.34. The van der Waals surface area contributed by atoms with Crippen LogP contribution in [0.2, 0.25) is 0 Å². The third kappa shape index (κ3) is 2.60. The van der Waals surface area contributed by atoms with Crippen LogP contribution >= 0.6 is 0 Å². The van der Waals surface area contributed by atoms with Gasteiger partial charge in [0.1, 0.15) is 0 Å². The van der Waals surface area contributed by atoms with E-state index in [2.05, 4.69) is 17.0 Å². The van der Waals surface area contributed by atoms with Crippen molar-refractivity contribution in [3.8, 4) is 0 Å². The summed E-state index contributed by atoms with van der Waals surface area (Å²) in [6.45, 7) is 2.57. The molecule has 2 atom stereocenters. The Kier molecular flexibility index (Phi) is 3.57. The molecule has 2 fully saturated rings. The van der Waals surface area contributed by atoms with Crippen molar-refractivity contribution in [1.82, 2.24) is 9.80 Å². The van der Waals surface area contributed by atoms with Crippen molar-refractivity contribution in [2.75, 3.05) is 45.2 Å². The molecule has 0 spiro atoms. The van der Waals surface area contributed by atoms with Gasteiger partial charge in [0.05, 0.1) is 12.5 Å². The monoisotopic (exact) mass is 287 g/mol. The molecule has 1 aromatic carbocycles. The number of nitrogens with zero attached hydrogens (tertiary/aromatic N) is 3. The van der Waals surface area contributed by atoms with Gasteiger partial charge in [-0.1, -0.05) is 18.2 Å². The number of likely N-dealkylation sites (tertiary alicyclic amines) is 1. The number of anilines is 1. The minimum atomic E-state index is -0.0109. The first-order chi connectivity index (χ1) is 10.1. The molecule has 0 unspecified atom stereocenters. The Hall–Kier alpha value is -2.04. The van der Waals surface area contributed by atoms with E-state index in [1.165, 1.54) is 10.6 Å². The number of carbonyl (C=O) groups excluding carboxylic acids is 2. The molecule has 2 aliphatic heterocycles. The van der Waals surface area contributed by atoms with Crippen LogP contribution in [0.4, 0.5) is 5.69 Å². The Morgan fingerprint density at radius 3 is 2.52 bits per heavy atom. The quantitative estimate of drug-likeness (QED) is 0.821. The number of hydrogen-bond donors (Lipinski definition) is 0. The summed E-state index contributed by atoms with van der Waals surface area (Å²) >= 11 is 0. The number of amides is 2. The number of hydrogen-bond acceptors (Lipinski definition) is 3. The summed E-state index contributed by atoms with van der Waals surface area (Å²) in [5.74, 6) is 0.504. The maximum atomic E-state index is 12.5. The molecule has 0 aromatic heterocycles. The zero-order chi connectivity index (χ0) is 15.0. The van der Waals surface area contributed by atoms with Gasteiger partial charge < -0.3 is 14.7 Å². The third-order valence-electron chi connectivity index (χ3n) is 4.47. The molecule has 2 amide bonds. The largest absolute Gasteiger partial charge is 0.370 e. The van der Waals surface area contributed by atoms with Gasteiger partial charge in [-0.2, -0.15) is 0 Å². The molecule has 0 N–H and O–H groups in total. The van der Waals surface area contributed by atoms with E-state index in [1.807, 2.05) is 18.2 Å². The van der Waals surface area contributed by atoms with E-state index in [4.69, 9.17) is 0 Å². The molecule has 2 saturated heterocycles. The van der Waals surface area contributed by atoms with Crippen LogP contribution in [0.5, 0.6) is 0 Å². The van der Waals surface area contributed by atoms with Crippen molar-refractivity contribution in [3.63, 3.8) is 0 Å². The Morgan fingerprint density at radius 2 is 1.90 bits per heavy atom. The summed E-state index contributed by atoms with van der Waals surface area (Å²) in [5.41, 5.74) is 1.18. The van der Waals surface area contributed by atoms with Crippen molar-refractivity contribution in [1.29, 1.82) is 0 Å². The zero-order valence-electron chi connectivity index (χ0n) is 12.5. The maximum Gasteiger partial charge on any atom is 0.241 e. The summed E-state index contributed by atoms with van der Waals surface area (Å²) in [6, 6.07) is 10.2. The lowest BCUT2D eigenvalue weighted by molar-refractivity contribution is -0.138. The lowest BCUT2D eigenvalue weighted by Crippen LogP contribution is -2.40. The van der Waals surface area contributed by atoms with Gasteiger partial charge >= 0.3 is 0 Å². The highest BCUT2D eigenvalue weighted by Gasteiger charge is 2.46. The predicted octanol–water partition coefficient (Wildman–Crippen LogP) is 0.669. The number of likely N-dealkylation sites (N-methyl/N-ethyl adjacent to an activating group) is 1. The van der Waals surface area contributed by atoms with Crippen molar-refractivity contribution >= 4 is 17.5 Å². The van der Waals surface area contributed by atoms with Crippen LogP contribution in [-0.2, 0) is 9.59 Å². The highest BCUT2D eigenvalue weighted by atomic mass is 16.2. The molecule has 3 rings (SSSR count). The van der Waals surface area contributed by atoms with Crippen LogP contribution in [-0.4, -0.2) is 61.9 Å². The summed E-state index contributed by atoms with van der Waals surface area (Å²) in [4.78, 5) is 29.8. The zero-order valence-corrected chi connectivity index (χ0v) is 12.5. The van der Waals surface area contributed by atoms with Crippen molar-refractivity contribution in [2.24, 2.45) is 11.8 Å². The molecule has 5 nitrogen and oxygen atoms in total. The minimum Gasteiger partial charge on any atom is -0.370 e. The van der Waals surface area contributed by atoms with E-state index in [-0.39, 0.29) is 24.3 Å². The van der Waals surface area contributed by atoms with Gasteiger partial charge in [0.25, 0.3) is 0 Å². The second kappa shape index (κ2) is 5.39. The van der Waals surface area contributed by atoms with E-state index in [0.717, 1.165) is 13.1 Å². The first-order valence-corrected chi connectivity index (χ1v) is 7.35. The summed E-state index contributed by atoms with van der Waals surface area (Å²) in [5, 5.41) is 0. The normalized spacial score (nSPS) is 24.4. The number of para-hydroxylation sites is 1. The third-order valence-corrected chi connectivity index (χ3v) is 4.47. The summed E-state index contributed by atoms with van der Waals surface area (Å²) in [6.07, 6.45) is 0. The summed E-state index contributed by atoms with van der Waals surface area (Å²) < 4.78 is 0. The van der Waals surface area contributed by atoms with E-state index >= 15 is 0 Å². The fourth-order valence-electron chi connectivity index (χ4n) is 3.24. The molecule has 2 heterocycles. The molecule has 21 heavy (non-hydrogen) atoms. The Labute approximate surface area is 125 Å². The molecule has 0 saturated carbocycles. The minimum absolute atomic E-state index is 0.0109. The van der Waals surface area contributed by atoms with Crippen LogP contribution in [0.15, 0.2) is 30.3 Å². The highest BCUT2D eigenvalue weighted by molar-refractivity contribution is 5.88. The van der Waals surface area contributed by atoms with Gasteiger partial charge in [-0.3, -0.25) is 9.59 Å². The smallest absolute Gasteiger partial charge is 0.241 e. The Balaban J connectivity index is 1.64. The van der Waals surface area contributed by atoms with Gasteiger partial charge in [0.15, 0.2) is 0 Å². The molecule has 0 bridgehead atoms. The predicted molar refractivity (Wildman–Crippen MR) is 80.9 cm³/mol. The van der Waals surface area contributed by atoms with Crippen LogP contribution in [0.1, 0.15) is 0 Å². The standard InChI is InChI=1S/C16H21N3O2/c1-17(2)15(20)11-19-9-12-8-18(10-14(12)16(19)21)13-6-4-3-5-7-13/h3-7,12,14H,8-11H2,1-2H3/t12-,14-/m0/s1. The lowest BCUT2D eigenvalue weighted by Gasteiger charge is -2.23. The average molecular weight is 287 g/mol. The first-order valence-electron chi connectivity index (χ1n) is 7.35. The average Bonchev–Trinajstić information content (AvgIpc) is 3.01. The topological polar surface area (TPSA) is 43.9 Å². The van der Waals surface area contributed by atoms with Crippen LogP contribution < -0.4 is 4.90 Å². The van der Waals surface area contributed by atoms with Gasteiger partial charge in [0.2, 0.25) is 11.8 Å². The van der Waals surface area contributed by atoms with Gasteiger partial charge in [0, 0.05) is 45.3 Å². The van der Waals surface area contributed by atoms with Gasteiger partial charge in [-0.05, 0) is 12.1 Å². The van der Waals surface area contributed by atoms with Crippen molar-refractivity contribution in [2.45, 2.75) is 0 Å². The van der Waals surface area contributed by atoms with Crippen molar-refractivity contribution in [3.05, 3.63) is 30.3 Å². The van der Waals surface area contributed by atoms with E-state index in [1.54, 1.807) is 19.0 Å². The molecule has 2 aliphatic rings.